The van der Waals surface area contributed by atoms with Crippen LogP contribution >= 0.6 is 0 Å². The molecule has 1 aromatic carbocycles. The second kappa shape index (κ2) is 5.67. The molecule has 0 bridgehead atoms. The lowest BCUT2D eigenvalue weighted by atomic mass is 10.2. The molecule has 1 amide bonds. The van der Waals surface area contributed by atoms with Crippen molar-refractivity contribution in [2.75, 3.05) is 11.4 Å². The third kappa shape index (κ3) is 2.88. The number of hydrogen-bond donors (Lipinski definition) is 0. The average Bonchev–Trinajstić information content (AvgIpc) is 2.77. The van der Waals surface area contributed by atoms with Gasteiger partial charge in [-0.3, -0.25) is 9.59 Å². The van der Waals surface area contributed by atoms with Gasteiger partial charge in [-0.15, -0.1) is 0 Å². The quantitative estimate of drug-likeness (QED) is 0.606. The smallest absolute Gasteiger partial charge is 0.311 e. The first kappa shape index (κ1) is 12.6. The van der Waals surface area contributed by atoms with Crippen LogP contribution in [0, 0.1) is 0 Å². The molecule has 1 saturated heterocycles. The topological polar surface area (TPSA) is 46.6 Å². The fourth-order valence-corrected chi connectivity index (χ4v) is 2.00. The van der Waals surface area contributed by atoms with Gasteiger partial charge in [-0.25, -0.2) is 0 Å². The first-order valence-corrected chi connectivity index (χ1v) is 6.32. The Morgan fingerprint density at radius 1 is 1.33 bits per heavy atom. The molecule has 1 aliphatic heterocycles. The van der Waals surface area contributed by atoms with E-state index in [0.29, 0.717) is 18.6 Å². The number of ether oxygens (including phenoxy) is 1. The molecule has 0 radical (unpaired) electrons. The minimum absolute atomic E-state index is 0.158. The van der Waals surface area contributed by atoms with E-state index in [-0.39, 0.29) is 11.9 Å². The summed E-state index contributed by atoms with van der Waals surface area (Å²) >= 11 is 0. The van der Waals surface area contributed by atoms with Crippen LogP contribution in [0.3, 0.4) is 0 Å². The highest BCUT2D eigenvalue weighted by Crippen LogP contribution is 2.24. The number of hydrogen-bond acceptors (Lipinski definition) is 3. The summed E-state index contributed by atoms with van der Waals surface area (Å²) in [5, 5.41) is 0. The molecule has 0 unspecified atom stereocenters. The highest BCUT2D eigenvalue weighted by atomic mass is 16.5. The van der Waals surface area contributed by atoms with Gasteiger partial charge in [-0.1, -0.05) is 6.92 Å². The Balaban J connectivity index is 2.01. The van der Waals surface area contributed by atoms with Gasteiger partial charge in [0.15, 0.2) is 0 Å². The molecule has 1 heterocycles. The molecule has 0 N–H and O–H groups in total. The number of anilines is 1. The number of carbonyl (C=O) groups is 2. The molecule has 0 atom stereocenters. The van der Waals surface area contributed by atoms with Gasteiger partial charge in [-0.05, 0) is 37.1 Å². The van der Waals surface area contributed by atoms with E-state index < -0.39 is 0 Å². The first-order valence-electron chi connectivity index (χ1n) is 6.32. The molecule has 0 aliphatic carbocycles. The van der Waals surface area contributed by atoms with Gasteiger partial charge in [-0.2, -0.15) is 0 Å². The Kier molecular flexibility index (Phi) is 3.97. The van der Waals surface area contributed by atoms with Crippen molar-refractivity contribution in [3.63, 3.8) is 0 Å². The summed E-state index contributed by atoms with van der Waals surface area (Å²) in [5.41, 5.74) is 0.868. The summed E-state index contributed by atoms with van der Waals surface area (Å²) in [6.07, 6.45) is 2.73. The predicted molar refractivity (Wildman–Crippen MR) is 68.6 cm³/mol. The molecule has 96 valence electrons. The van der Waals surface area contributed by atoms with Crippen molar-refractivity contribution in [1.82, 2.24) is 0 Å². The van der Waals surface area contributed by atoms with E-state index in [9.17, 15) is 9.59 Å². The van der Waals surface area contributed by atoms with Gasteiger partial charge >= 0.3 is 5.97 Å². The van der Waals surface area contributed by atoms with Crippen molar-refractivity contribution >= 4 is 17.6 Å². The van der Waals surface area contributed by atoms with Gasteiger partial charge < -0.3 is 9.64 Å². The lowest BCUT2D eigenvalue weighted by molar-refractivity contribution is -0.134. The zero-order valence-corrected chi connectivity index (χ0v) is 10.5. The highest BCUT2D eigenvalue weighted by Gasteiger charge is 2.21. The Labute approximate surface area is 107 Å². The number of esters is 1. The van der Waals surface area contributed by atoms with Crippen LogP contribution in [-0.2, 0) is 9.59 Å². The molecule has 1 aromatic rings. The van der Waals surface area contributed by atoms with Gasteiger partial charge in [0, 0.05) is 25.1 Å². The zero-order chi connectivity index (χ0) is 13.0. The molecule has 4 heteroatoms. The molecular formula is C14H17NO3. The normalized spacial score (nSPS) is 14.9. The second-order valence-corrected chi connectivity index (χ2v) is 4.37. The van der Waals surface area contributed by atoms with E-state index >= 15 is 0 Å². The van der Waals surface area contributed by atoms with Crippen molar-refractivity contribution < 1.29 is 14.3 Å². The van der Waals surface area contributed by atoms with E-state index in [0.717, 1.165) is 25.1 Å². The Bertz CT molecular complexity index is 439. The van der Waals surface area contributed by atoms with E-state index in [2.05, 4.69) is 0 Å². The molecule has 1 fully saturated rings. The lowest BCUT2D eigenvalue weighted by Gasteiger charge is -2.15. The number of benzene rings is 1. The fraction of sp³-hybridized carbons (Fsp3) is 0.429. The third-order valence-corrected chi connectivity index (χ3v) is 2.91. The van der Waals surface area contributed by atoms with E-state index in [1.165, 1.54) is 0 Å². The van der Waals surface area contributed by atoms with Gasteiger partial charge in [0.25, 0.3) is 0 Å². The Morgan fingerprint density at radius 2 is 2.06 bits per heavy atom. The minimum atomic E-state index is -0.220. The summed E-state index contributed by atoms with van der Waals surface area (Å²) < 4.78 is 5.16. The standard InChI is InChI=1S/C14H17NO3/c1-2-4-14(17)18-12-8-6-11(7-9-12)15-10-3-5-13(15)16/h6-9H,2-5,10H2,1H3. The molecule has 4 nitrogen and oxygen atoms in total. The molecule has 2 rings (SSSR count). The average molecular weight is 247 g/mol. The van der Waals surface area contributed by atoms with Crippen molar-refractivity contribution in [3.05, 3.63) is 24.3 Å². The van der Waals surface area contributed by atoms with E-state index in [1.54, 1.807) is 17.0 Å². The summed E-state index contributed by atoms with van der Waals surface area (Å²) in [6, 6.07) is 7.10. The number of nitrogens with zero attached hydrogens (tertiary/aromatic N) is 1. The van der Waals surface area contributed by atoms with Crippen LogP contribution < -0.4 is 9.64 Å². The number of carbonyl (C=O) groups excluding carboxylic acids is 2. The van der Waals surface area contributed by atoms with Crippen molar-refractivity contribution in [2.24, 2.45) is 0 Å². The lowest BCUT2D eigenvalue weighted by Crippen LogP contribution is -2.23. The maximum Gasteiger partial charge on any atom is 0.311 e. The van der Waals surface area contributed by atoms with Crippen LogP contribution in [0.4, 0.5) is 5.69 Å². The van der Waals surface area contributed by atoms with Crippen LogP contribution in [-0.4, -0.2) is 18.4 Å². The van der Waals surface area contributed by atoms with Gasteiger partial charge in [0.05, 0.1) is 0 Å². The van der Waals surface area contributed by atoms with Crippen molar-refractivity contribution in [1.29, 1.82) is 0 Å². The summed E-state index contributed by atoms with van der Waals surface area (Å²) in [6.45, 7) is 2.71. The fourth-order valence-electron chi connectivity index (χ4n) is 2.00. The third-order valence-electron chi connectivity index (χ3n) is 2.91. The maximum absolute atomic E-state index is 11.6. The van der Waals surface area contributed by atoms with E-state index in [4.69, 9.17) is 4.74 Å². The Morgan fingerprint density at radius 3 is 2.61 bits per heavy atom. The molecule has 1 aliphatic rings. The summed E-state index contributed by atoms with van der Waals surface area (Å²) in [5.74, 6) is 0.470. The molecule has 0 aromatic heterocycles. The van der Waals surface area contributed by atoms with E-state index in [1.807, 2.05) is 19.1 Å². The van der Waals surface area contributed by atoms with Crippen LogP contribution in [0.2, 0.25) is 0 Å². The summed E-state index contributed by atoms with van der Waals surface area (Å²) in [4.78, 5) is 24.6. The SMILES string of the molecule is CCCC(=O)Oc1ccc(N2CCCC2=O)cc1. The molecule has 0 saturated carbocycles. The van der Waals surface area contributed by atoms with Crippen molar-refractivity contribution in [2.45, 2.75) is 32.6 Å². The van der Waals surface area contributed by atoms with Crippen molar-refractivity contribution in [3.8, 4) is 5.75 Å². The molecule has 0 spiro atoms. The number of rotatable bonds is 4. The maximum atomic E-state index is 11.6. The minimum Gasteiger partial charge on any atom is -0.427 e. The first-order chi connectivity index (χ1) is 8.70. The second-order valence-electron chi connectivity index (χ2n) is 4.37. The van der Waals surface area contributed by atoms with Gasteiger partial charge in [0.2, 0.25) is 5.91 Å². The highest BCUT2D eigenvalue weighted by molar-refractivity contribution is 5.95. The molecular weight excluding hydrogens is 230 g/mol. The van der Waals surface area contributed by atoms with Crippen LogP contribution in [0.5, 0.6) is 5.75 Å². The van der Waals surface area contributed by atoms with Gasteiger partial charge in [0.1, 0.15) is 5.75 Å². The largest absolute Gasteiger partial charge is 0.427 e. The van der Waals surface area contributed by atoms with Crippen LogP contribution in [0.1, 0.15) is 32.6 Å². The Hall–Kier alpha value is -1.84. The number of amides is 1. The van der Waals surface area contributed by atoms with Crippen LogP contribution in [0.15, 0.2) is 24.3 Å². The predicted octanol–water partition coefficient (Wildman–Crippen LogP) is 2.52. The monoisotopic (exact) mass is 247 g/mol. The molecule has 18 heavy (non-hydrogen) atoms. The van der Waals surface area contributed by atoms with Crippen LogP contribution in [0.25, 0.3) is 0 Å². The summed E-state index contributed by atoms with van der Waals surface area (Å²) in [7, 11) is 0. The zero-order valence-electron chi connectivity index (χ0n) is 10.5.